The molecule has 1 aliphatic rings. The Morgan fingerprint density at radius 1 is 1.60 bits per heavy atom. The molecule has 0 fully saturated rings. The van der Waals surface area contributed by atoms with Crippen LogP contribution in [0.15, 0.2) is 11.4 Å². The number of hydrogen-bond acceptors (Lipinski definition) is 2. The number of thiophene rings is 1. The standard InChI is InChI=1S/C8H10OS/c9-7-2-1-3-8-6(7)4-5-10-8/h4-5,7,9H,1-3H2. The summed E-state index contributed by atoms with van der Waals surface area (Å²) in [6, 6.07) is 2.05. The zero-order chi connectivity index (χ0) is 6.97. The van der Waals surface area contributed by atoms with Gasteiger partial charge in [-0.1, -0.05) is 0 Å². The van der Waals surface area contributed by atoms with Crippen LogP contribution in [0.25, 0.3) is 0 Å². The summed E-state index contributed by atoms with van der Waals surface area (Å²) in [4.78, 5) is 1.39. The van der Waals surface area contributed by atoms with E-state index in [0.29, 0.717) is 0 Å². The van der Waals surface area contributed by atoms with Gasteiger partial charge >= 0.3 is 0 Å². The van der Waals surface area contributed by atoms with Gasteiger partial charge in [-0.2, -0.15) is 0 Å². The smallest absolute Gasteiger partial charge is 0.0800 e. The Kier molecular flexibility index (Phi) is 1.51. The van der Waals surface area contributed by atoms with Crippen LogP contribution in [0.1, 0.15) is 29.4 Å². The van der Waals surface area contributed by atoms with E-state index in [-0.39, 0.29) is 6.10 Å². The summed E-state index contributed by atoms with van der Waals surface area (Å²) in [5.74, 6) is 0. The van der Waals surface area contributed by atoms with E-state index in [1.54, 1.807) is 11.3 Å². The molecule has 0 radical (unpaired) electrons. The third-order valence-corrected chi connectivity index (χ3v) is 3.02. The molecule has 0 saturated carbocycles. The van der Waals surface area contributed by atoms with E-state index in [2.05, 4.69) is 5.38 Å². The van der Waals surface area contributed by atoms with E-state index < -0.39 is 0 Å². The Balaban J connectivity index is 2.41. The minimum atomic E-state index is -0.171. The van der Waals surface area contributed by atoms with Crippen molar-refractivity contribution in [1.29, 1.82) is 0 Å². The summed E-state index contributed by atoms with van der Waals surface area (Å²) in [6.07, 6.45) is 3.10. The lowest BCUT2D eigenvalue weighted by Crippen LogP contribution is -2.05. The quantitative estimate of drug-likeness (QED) is 0.607. The van der Waals surface area contributed by atoms with Gasteiger partial charge in [0.2, 0.25) is 0 Å². The van der Waals surface area contributed by atoms with Gasteiger partial charge < -0.3 is 5.11 Å². The van der Waals surface area contributed by atoms with Gasteiger partial charge in [0.25, 0.3) is 0 Å². The van der Waals surface area contributed by atoms with Crippen LogP contribution in [0.4, 0.5) is 0 Å². The highest BCUT2D eigenvalue weighted by molar-refractivity contribution is 7.10. The second kappa shape index (κ2) is 2.36. The molecule has 1 unspecified atom stereocenters. The Morgan fingerprint density at radius 2 is 2.50 bits per heavy atom. The SMILES string of the molecule is OC1CCCc2sccc21. The van der Waals surface area contributed by atoms with Gasteiger partial charge in [0.1, 0.15) is 0 Å². The maximum absolute atomic E-state index is 9.46. The molecule has 0 amide bonds. The van der Waals surface area contributed by atoms with Gasteiger partial charge in [-0.05, 0) is 36.3 Å². The lowest BCUT2D eigenvalue weighted by molar-refractivity contribution is 0.157. The fourth-order valence-corrected chi connectivity index (χ4v) is 2.44. The van der Waals surface area contributed by atoms with Crippen molar-refractivity contribution in [1.82, 2.24) is 0 Å². The molecular formula is C8H10OS. The summed E-state index contributed by atoms with van der Waals surface area (Å²) < 4.78 is 0. The third-order valence-electron chi connectivity index (χ3n) is 2.02. The van der Waals surface area contributed by atoms with Crippen LogP contribution in [0, 0.1) is 0 Å². The average Bonchev–Trinajstić information content (AvgIpc) is 2.36. The summed E-state index contributed by atoms with van der Waals surface area (Å²) in [6.45, 7) is 0. The molecule has 1 heterocycles. The highest BCUT2D eigenvalue weighted by atomic mass is 32.1. The summed E-state index contributed by atoms with van der Waals surface area (Å²) in [5, 5.41) is 11.5. The zero-order valence-corrected chi connectivity index (χ0v) is 6.53. The maximum Gasteiger partial charge on any atom is 0.0800 e. The van der Waals surface area contributed by atoms with Crippen molar-refractivity contribution in [2.45, 2.75) is 25.4 Å². The average molecular weight is 154 g/mol. The Hall–Kier alpha value is -0.340. The summed E-state index contributed by atoms with van der Waals surface area (Å²) in [7, 11) is 0. The van der Waals surface area contributed by atoms with Crippen LogP contribution in [-0.2, 0) is 6.42 Å². The van der Waals surface area contributed by atoms with Crippen LogP contribution in [0.3, 0.4) is 0 Å². The first kappa shape index (κ1) is 6.38. The van der Waals surface area contributed by atoms with Crippen LogP contribution >= 0.6 is 11.3 Å². The first-order chi connectivity index (χ1) is 4.88. The second-order valence-electron chi connectivity index (χ2n) is 2.71. The molecule has 1 aromatic heterocycles. The summed E-state index contributed by atoms with van der Waals surface area (Å²) >= 11 is 1.77. The minimum Gasteiger partial charge on any atom is -0.388 e. The molecule has 1 atom stereocenters. The molecule has 0 aliphatic heterocycles. The Bertz CT molecular complexity index is 229. The van der Waals surface area contributed by atoms with Gasteiger partial charge in [-0.3, -0.25) is 0 Å². The molecular weight excluding hydrogens is 144 g/mol. The van der Waals surface area contributed by atoms with Crippen molar-refractivity contribution in [3.8, 4) is 0 Å². The predicted octanol–water partition coefficient (Wildman–Crippen LogP) is 2.12. The number of hydrogen-bond donors (Lipinski definition) is 1. The molecule has 1 nitrogen and oxygen atoms in total. The topological polar surface area (TPSA) is 20.2 Å². The van der Waals surface area contributed by atoms with Crippen molar-refractivity contribution in [3.05, 3.63) is 21.9 Å². The van der Waals surface area contributed by atoms with E-state index in [0.717, 1.165) is 12.8 Å². The molecule has 10 heavy (non-hydrogen) atoms. The first-order valence-electron chi connectivity index (χ1n) is 3.62. The van der Waals surface area contributed by atoms with Crippen molar-refractivity contribution in [3.63, 3.8) is 0 Å². The monoisotopic (exact) mass is 154 g/mol. The summed E-state index contributed by atoms with van der Waals surface area (Å²) in [5.41, 5.74) is 1.18. The van der Waals surface area contributed by atoms with Gasteiger partial charge in [-0.15, -0.1) is 11.3 Å². The second-order valence-corrected chi connectivity index (χ2v) is 3.71. The molecule has 54 valence electrons. The number of fused-ring (bicyclic) bond motifs is 1. The molecule has 0 saturated heterocycles. The number of aryl methyl sites for hydroxylation is 1. The molecule has 0 aromatic carbocycles. The molecule has 1 N–H and O–H groups in total. The van der Waals surface area contributed by atoms with Crippen molar-refractivity contribution in [2.75, 3.05) is 0 Å². The normalized spacial score (nSPS) is 24.3. The maximum atomic E-state index is 9.46. The van der Waals surface area contributed by atoms with Gasteiger partial charge in [0.05, 0.1) is 6.10 Å². The molecule has 1 aromatic rings. The van der Waals surface area contributed by atoms with Crippen LogP contribution in [-0.4, -0.2) is 5.11 Å². The van der Waals surface area contributed by atoms with Gasteiger partial charge in [0.15, 0.2) is 0 Å². The van der Waals surface area contributed by atoms with E-state index in [4.69, 9.17) is 0 Å². The van der Waals surface area contributed by atoms with E-state index in [1.807, 2.05) is 6.07 Å². The Labute approximate surface area is 64.3 Å². The van der Waals surface area contributed by atoms with Crippen LogP contribution < -0.4 is 0 Å². The number of aliphatic hydroxyl groups excluding tert-OH is 1. The molecule has 2 heteroatoms. The van der Waals surface area contributed by atoms with Crippen molar-refractivity contribution < 1.29 is 5.11 Å². The molecule has 0 bridgehead atoms. The van der Waals surface area contributed by atoms with Crippen molar-refractivity contribution in [2.24, 2.45) is 0 Å². The van der Waals surface area contributed by atoms with Crippen molar-refractivity contribution >= 4 is 11.3 Å². The largest absolute Gasteiger partial charge is 0.388 e. The highest BCUT2D eigenvalue weighted by Gasteiger charge is 2.17. The van der Waals surface area contributed by atoms with E-state index in [1.165, 1.54) is 16.9 Å². The molecule has 2 rings (SSSR count). The molecule has 1 aliphatic carbocycles. The van der Waals surface area contributed by atoms with Gasteiger partial charge in [-0.25, -0.2) is 0 Å². The Morgan fingerprint density at radius 3 is 3.30 bits per heavy atom. The first-order valence-corrected chi connectivity index (χ1v) is 4.50. The fraction of sp³-hybridized carbons (Fsp3) is 0.500. The van der Waals surface area contributed by atoms with E-state index >= 15 is 0 Å². The highest BCUT2D eigenvalue weighted by Crippen LogP contribution is 2.32. The fourth-order valence-electron chi connectivity index (χ4n) is 1.46. The van der Waals surface area contributed by atoms with E-state index in [9.17, 15) is 5.11 Å². The van der Waals surface area contributed by atoms with Gasteiger partial charge in [0, 0.05) is 4.88 Å². The predicted molar refractivity (Wildman–Crippen MR) is 42.2 cm³/mol. The number of aliphatic hydroxyl groups is 1. The minimum absolute atomic E-state index is 0.171. The number of rotatable bonds is 0. The lowest BCUT2D eigenvalue weighted by atomic mass is 9.97. The zero-order valence-electron chi connectivity index (χ0n) is 5.71. The van der Waals surface area contributed by atoms with Crippen LogP contribution in [0.5, 0.6) is 0 Å². The lowest BCUT2D eigenvalue weighted by Gasteiger charge is -2.16. The third kappa shape index (κ3) is 0.879. The molecule has 0 spiro atoms. The van der Waals surface area contributed by atoms with Crippen LogP contribution in [0.2, 0.25) is 0 Å².